The summed E-state index contributed by atoms with van der Waals surface area (Å²) in [5.41, 5.74) is -0.115. The maximum Gasteiger partial charge on any atom is 0.420 e. The number of β-amino-alcohol motifs (C(OH)–C–C–N with tert-alkyl or cyclic N) is 1. The van der Waals surface area contributed by atoms with Gasteiger partial charge < -0.3 is 10.0 Å². The van der Waals surface area contributed by atoms with E-state index in [0.29, 0.717) is 5.56 Å². The van der Waals surface area contributed by atoms with Gasteiger partial charge in [-0.3, -0.25) is 4.79 Å². The number of nitrogens with zero attached hydrogens (tertiary/aromatic N) is 2. The van der Waals surface area contributed by atoms with Gasteiger partial charge in [0.2, 0.25) is 0 Å². The molecule has 1 amide bonds. The van der Waals surface area contributed by atoms with Crippen molar-refractivity contribution in [2.75, 3.05) is 13.1 Å². The normalized spacial score (nSPS) is 18.1. The lowest BCUT2D eigenvalue weighted by Crippen LogP contribution is -2.70. The number of hydrogen-bond donors (Lipinski definition) is 1. The van der Waals surface area contributed by atoms with E-state index in [1.54, 1.807) is 17.6 Å². The number of aromatic nitrogens is 1. The number of thiazole rings is 1. The molecule has 1 aliphatic heterocycles. The third-order valence-electron chi connectivity index (χ3n) is 3.30. The Morgan fingerprint density at radius 1 is 1.40 bits per heavy atom. The van der Waals surface area contributed by atoms with Crippen LogP contribution >= 0.6 is 11.3 Å². The van der Waals surface area contributed by atoms with Crippen LogP contribution in [0.4, 0.5) is 13.2 Å². The van der Waals surface area contributed by atoms with E-state index in [1.165, 1.54) is 17.4 Å². The minimum atomic E-state index is -4.72. The first-order valence-corrected chi connectivity index (χ1v) is 6.60. The van der Waals surface area contributed by atoms with Crippen molar-refractivity contribution < 1.29 is 23.1 Å². The number of likely N-dealkylation sites (tertiary alicyclic amines) is 1. The zero-order valence-electron chi connectivity index (χ0n) is 10.0. The first kappa shape index (κ1) is 13.3. The lowest BCUT2D eigenvalue weighted by atomic mass is 9.92. The number of halogens is 3. The molecule has 20 heavy (non-hydrogen) atoms. The van der Waals surface area contributed by atoms with Gasteiger partial charge in [0, 0.05) is 5.56 Å². The molecule has 0 spiro atoms. The minimum Gasteiger partial charge on any atom is -0.378 e. The predicted octanol–water partition coefficient (Wildman–Crippen LogP) is 2.05. The maximum absolute atomic E-state index is 12.5. The molecule has 2 aromatic rings. The molecule has 1 aromatic carbocycles. The van der Waals surface area contributed by atoms with Crippen LogP contribution < -0.4 is 0 Å². The summed E-state index contributed by atoms with van der Waals surface area (Å²) in [7, 11) is 0. The van der Waals surface area contributed by atoms with Gasteiger partial charge in [0.1, 0.15) is 0 Å². The molecule has 2 heterocycles. The fourth-order valence-electron chi connectivity index (χ4n) is 2.08. The number of fused-ring (bicyclic) bond motifs is 1. The van der Waals surface area contributed by atoms with Crippen LogP contribution in [0.25, 0.3) is 10.2 Å². The molecule has 1 aliphatic rings. The zero-order chi connectivity index (χ0) is 14.5. The van der Waals surface area contributed by atoms with E-state index in [9.17, 15) is 23.1 Å². The largest absolute Gasteiger partial charge is 0.420 e. The number of carbonyl (C=O) groups is 1. The summed E-state index contributed by atoms with van der Waals surface area (Å²) in [6.07, 6.45) is -4.72. The van der Waals surface area contributed by atoms with E-state index in [0.717, 1.165) is 15.1 Å². The summed E-state index contributed by atoms with van der Waals surface area (Å²) >= 11 is 1.35. The van der Waals surface area contributed by atoms with Crippen LogP contribution in [-0.2, 0) is 0 Å². The molecule has 1 aromatic heterocycles. The Morgan fingerprint density at radius 3 is 2.75 bits per heavy atom. The molecule has 0 radical (unpaired) electrons. The maximum atomic E-state index is 12.5. The second kappa shape index (κ2) is 4.16. The first-order valence-electron chi connectivity index (χ1n) is 5.72. The smallest absolute Gasteiger partial charge is 0.378 e. The van der Waals surface area contributed by atoms with Gasteiger partial charge in [-0.25, -0.2) is 4.98 Å². The molecule has 8 heteroatoms. The van der Waals surface area contributed by atoms with Crippen molar-refractivity contribution >= 4 is 27.5 Å². The van der Waals surface area contributed by atoms with Gasteiger partial charge in [0.25, 0.3) is 5.91 Å². The van der Waals surface area contributed by atoms with Crippen molar-refractivity contribution in [1.29, 1.82) is 0 Å². The van der Waals surface area contributed by atoms with Crippen molar-refractivity contribution in [3.8, 4) is 0 Å². The van der Waals surface area contributed by atoms with Gasteiger partial charge in [-0.1, -0.05) is 0 Å². The van der Waals surface area contributed by atoms with Gasteiger partial charge >= 0.3 is 6.18 Å². The molecule has 0 bridgehead atoms. The number of hydrogen-bond acceptors (Lipinski definition) is 4. The number of alkyl halides is 3. The number of benzene rings is 1. The molecule has 3 rings (SSSR count). The van der Waals surface area contributed by atoms with Crippen LogP contribution in [0, 0.1) is 0 Å². The summed E-state index contributed by atoms with van der Waals surface area (Å²) in [6.45, 7) is -1.45. The summed E-state index contributed by atoms with van der Waals surface area (Å²) in [5, 5.41) is 9.32. The average molecular weight is 302 g/mol. The molecule has 1 saturated heterocycles. The van der Waals surface area contributed by atoms with Gasteiger partial charge in [-0.15, -0.1) is 11.3 Å². The molecule has 1 N–H and O–H groups in total. The van der Waals surface area contributed by atoms with Crippen LogP contribution in [0.2, 0.25) is 0 Å². The third-order valence-corrected chi connectivity index (χ3v) is 4.09. The van der Waals surface area contributed by atoms with E-state index >= 15 is 0 Å². The van der Waals surface area contributed by atoms with Crippen molar-refractivity contribution in [2.45, 2.75) is 11.8 Å². The molecular formula is C12H9F3N2O2S. The van der Waals surface area contributed by atoms with Crippen LogP contribution in [0.5, 0.6) is 0 Å². The quantitative estimate of drug-likeness (QED) is 0.877. The summed E-state index contributed by atoms with van der Waals surface area (Å²) < 4.78 is 38.3. The SMILES string of the molecule is O=C(c1ccc2ncsc2c1)N1CC(O)(C(F)(F)F)C1. The Labute approximate surface area is 115 Å². The van der Waals surface area contributed by atoms with Gasteiger partial charge in [-0.2, -0.15) is 13.2 Å². The highest BCUT2D eigenvalue weighted by molar-refractivity contribution is 7.16. The van der Waals surface area contributed by atoms with Crippen molar-refractivity contribution in [3.63, 3.8) is 0 Å². The molecule has 106 valence electrons. The lowest BCUT2D eigenvalue weighted by Gasteiger charge is -2.46. The highest BCUT2D eigenvalue weighted by Gasteiger charge is 2.62. The van der Waals surface area contributed by atoms with Gasteiger partial charge in [0.15, 0.2) is 5.60 Å². The van der Waals surface area contributed by atoms with Crippen LogP contribution in [0.1, 0.15) is 10.4 Å². The summed E-state index contributed by atoms with van der Waals surface area (Å²) in [5.74, 6) is -0.519. The summed E-state index contributed by atoms with van der Waals surface area (Å²) in [4.78, 5) is 17.1. The van der Waals surface area contributed by atoms with Gasteiger partial charge in [-0.05, 0) is 18.2 Å². The molecule has 4 nitrogen and oxygen atoms in total. The molecule has 0 saturated carbocycles. The number of carbonyl (C=O) groups excluding carboxylic acids is 1. The van der Waals surface area contributed by atoms with Crippen LogP contribution in [0.15, 0.2) is 23.7 Å². The predicted molar refractivity (Wildman–Crippen MR) is 66.5 cm³/mol. The first-order chi connectivity index (χ1) is 9.30. The average Bonchev–Trinajstić information content (AvgIpc) is 2.79. The Bertz CT molecular complexity index is 677. The minimum absolute atomic E-state index is 0.297. The lowest BCUT2D eigenvalue weighted by molar-refractivity contribution is -0.294. The Balaban J connectivity index is 1.78. The second-order valence-corrected chi connectivity index (χ2v) is 5.61. The van der Waals surface area contributed by atoms with Crippen LogP contribution in [0.3, 0.4) is 0 Å². The van der Waals surface area contributed by atoms with Crippen molar-refractivity contribution in [2.24, 2.45) is 0 Å². The van der Waals surface area contributed by atoms with E-state index in [-0.39, 0.29) is 0 Å². The second-order valence-electron chi connectivity index (χ2n) is 4.73. The standard InChI is InChI=1S/C12H9F3N2O2S/c13-12(14,15)11(19)4-17(5-11)10(18)7-1-2-8-9(3-7)20-6-16-8/h1-3,6,19H,4-5H2. The molecule has 0 atom stereocenters. The van der Waals surface area contributed by atoms with E-state index < -0.39 is 30.8 Å². The Kier molecular flexibility index (Phi) is 2.77. The molecular weight excluding hydrogens is 293 g/mol. The molecule has 0 unspecified atom stereocenters. The van der Waals surface area contributed by atoms with E-state index in [4.69, 9.17) is 0 Å². The molecule has 0 aliphatic carbocycles. The monoisotopic (exact) mass is 302 g/mol. The highest BCUT2D eigenvalue weighted by atomic mass is 32.1. The number of rotatable bonds is 1. The summed E-state index contributed by atoms with van der Waals surface area (Å²) in [6, 6.07) is 4.77. The zero-order valence-corrected chi connectivity index (χ0v) is 10.8. The fraction of sp³-hybridized carbons (Fsp3) is 0.333. The van der Waals surface area contributed by atoms with Crippen molar-refractivity contribution in [1.82, 2.24) is 9.88 Å². The topological polar surface area (TPSA) is 53.4 Å². The highest BCUT2D eigenvalue weighted by Crippen LogP contribution is 2.38. The van der Waals surface area contributed by atoms with E-state index in [1.807, 2.05) is 0 Å². The fourth-order valence-corrected chi connectivity index (χ4v) is 2.80. The van der Waals surface area contributed by atoms with Crippen LogP contribution in [-0.4, -0.2) is 45.8 Å². The Morgan fingerprint density at radius 2 is 2.10 bits per heavy atom. The van der Waals surface area contributed by atoms with Gasteiger partial charge in [0.05, 0.1) is 28.8 Å². The van der Waals surface area contributed by atoms with Crippen molar-refractivity contribution in [3.05, 3.63) is 29.3 Å². The Hall–Kier alpha value is -1.67. The number of amides is 1. The number of aliphatic hydroxyl groups is 1. The molecule has 1 fully saturated rings. The van der Waals surface area contributed by atoms with E-state index in [2.05, 4.69) is 4.98 Å². The third kappa shape index (κ3) is 1.95.